The van der Waals surface area contributed by atoms with Crippen LogP contribution in [0.2, 0.25) is 0 Å². The van der Waals surface area contributed by atoms with Gasteiger partial charge in [-0.25, -0.2) is 9.97 Å². The van der Waals surface area contributed by atoms with Crippen molar-refractivity contribution >= 4 is 58.1 Å². The van der Waals surface area contributed by atoms with Gasteiger partial charge in [-0.15, -0.1) is 0 Å². The zero-order chi connectivity index (χ0) is 31.9. The molecule has 4 heterocycles. The molecule has 0 saturated heterocycles. The molecule has 2 N–H and O–H groups in total. The quantitative estimate of drug-likeness (QED) is 0.128. The highest BCUT2D eigenvalue weighted by atomic mass is 32.1. The third-order valence-electron chi connectivity index (χ3n) is 7.58. The molecule has 0 bridgehead atoms. The molecule has 45 heavy (non-hydrogen) atoms. The van der Waals surface area contributed by atoms with Crippen molar-refractivity contribution in [3.8, 4) is 11.3 Å². The largest absolute Gasteiger partial charge is 0.328 e. The Bertz CT molecular complexity index is 1820. The molecular weight excluding hydrogens is 584 g/mol. The molecule has 12 heteroatoms. The minimum absolute atomic E-state index is 0.0606. The summed E-state index contributed by atoms with van der Waals surface area (Å²) in [6, 6.07) is 7.61. The molecule has 1 aromatic carbocycles. The topological polar surface area (TPSA) is 118 Å². The summed E-state index contributed by atoms with van der Waals surface area (Å²) in [5.74, 6) is 1.12. The summed E-state index contributed by atoms with van der Waals surface area (Å²) in [5, 5.41) is 11.7. The molecule has 11 nitrogen and oxygen atoms in total. The van der Waals surface area contributed by atoms with Crippen molar-refractivity contribution in [2.24, 2.45) is 10.9 Å². The molecule has 5 rings (SSSR count). The highest BCUT2D eigenvalue weighted by Crippen LogP contribution is 2.28. The lowest BCUT2D eigenvalue weighted by Gasteiger charge is -2.22. The summed E-state index contributed by atoms with van der Waals surface area (Å²) < 4.78 is 8.30. The van der Waals surface area contributed by atoms with E-state index < -0.39 is 0 Å². The standard InChI is InChI=1S/C33H40N10OS/c1-7-10-24-13-26(11-12-28(24)34-6)38-30(44)21-42-19-25(15-36-42)29-16-35-33-32(37-23(5)18-43(29)33)39-31-14-27(40-45-31)20-41(9-3)17-22(4)8-2/h7,10-16,18-19,22H,6,8-9,17,20-21H2,1-5H3,(H,37,39)(H,38,44)/b10-7-. The maximum atomic E-state index is 12.8. The van der Waals surface area contributed by atoms with Crippen molar-refractivity contribution in [1.82, 2.24) is 33.4 Å². The van der Waals surface area contributed by atoms with Gasteiger partial charge in [-0.1, -0.05) is 39.3 Å². The highest BCUT2D eigenvalue weighted by Gasteiger charge is 2.16. The van der Waals surface area contributed by atoms with E-state index in [9.17, 15) is 4.79 Å². The van der Waals surface area contributed by atoms with E-state index in [0.29, 0.717) is 23.1 Å². The summed E-state index contributed by atoms with van der Waals surface area (Å²) in [6.07, 6.45) is 12.3. The van der Waals surface area contributed by atoms with E-state index in [1.54, 1.807) is 17.1 Å². The van der Waals surface area contributed by atoms with Crippen LogP contribution in [0.1, 0.15) is 51.1 Å². The van der Waals surface area contributed by atoms with Gasteiger partial charge in [0.05, 0.1) is 35.2 Å². The second kappa shape index (κ2) is 14.4. The average Bonchev–Trinajstić information content (AvgIpc) is 3.77. The van der Waals surface area contributed by atoms with Crippen molar-refractivity contribution in [1.29, 1.82) is 0 Å². The number of aliphatic imine (C=N–C) groups is 1. The minimum Gasteiger partial charge on any atom is -0.328 e. The van der Waals surface area contributed by atoms with Gasteiger partial charge >= 0.3 is 0 Å². The second-order valence-electron chi connectivity index (χ2n) is 11.1. The van der Waals surface area contributed by atoms with Crippen LogP contribution in [-0.2, 0) is 17.9 Å². The molecule has 1 unspecified atom stereocenters. The minimum atomic E-state index is -0.189. The Kier molecular flexibility index (Phi) is 10.2. The molecular formula is C33H40N10OS. The molecule has 4 aromatic heterocycles. The zero-order valence-electron chi connectivity index (χ0n) is 26.5. The van der Waals surface area contributed by atoms with Gasteiger partial charge < -0.3 is 10.6 Å². The lowest BCUT2D eigenvalue weighted by molar-refractivity contribution is -0.116. The van der Waals surface area contributed by atoms with E-state index >= 15 is 0 Å². The van der Waals surface area contributed by atoms with E-state index in [2.05, 4.69) is 64.2 Å². The molecule has 1 amide bonds. The molecule has 0 spiro atoms. The van der Waals surface area contributed by atoms with Gasteiger partial charge in [0.2, 0.25) is 5.91 Å². The number of nitrogens with zero attached hydrogens (tertiary/aromatic N) is 8. The van der Waals surface area contributed by atoms with Crippen molar-refractivity contribution in [3.63, 3.8) is 0 Å². The van der Waals surface area contributed by atoms with Crippen LogP contribution in [0.25, 0.3) is 23.0 Å². The van der Waals surface area contributed by atoms with Crippen molar-refractivity contribution in [2.45, 2.75) is 54.1 Å². The van der Waals surface area contributed by atoms with Gasteiger partial charge in [0.25, 0.3) is 0 Å². The number of allylic oxidation sites excluding steroid dienone is 1. The Morgan fingerprint density at radius 1 is 1.22 bits per heavy atom. The number of hydrogen-bond acceptors (Lipinski definition) is 9. The van der Waals surface area contributed by atoms with Crippen LogP contribution in [0.3, 0.4) is 0 Å². The van der Waals surface area contributed by atoms with Gasteiger partial charge in [-0.05, 0) is 68.8 Å². The monoisotopic (exact) mass is 624 g/mol. The summed E-state index contributed by atoms with van der Waals surface area (Å²) in [7, 11) is 0. The molecule has 234 valence electrons. The number of carbonyl (C=O) groups excluding carboxylic acids is 1. The number of nitrogens with one attached hydrogen (secondary N) is 2. The Morgan fingerprint density at radius 2 is 2.07 bits per heavy atom. The number of amides is 1. The fourth-order valence-corrected chi connectivity index (χ4v) is 5.75. The van der Waals surface area contributed by atoms with Crippen LogP contribution in [0.5, 0.6) is 0 Å². The number of fused-ring (bicyclic) bond motifs is 1. The molecule has 0 radical (unpaired) electrons. The first kappa shape index (κ1) is 31.7. The fourth-order valence-electron chi connectivity index (χ4n) is 5.09. The highest BCUT2D eigenvalue weighted by molar-refractivity contribution is 7.10. The number of carbonyl (C=O) groups is 1. The summed E-state index contributed by atoms with van der Waals surface area (Å²) >= 11 is 1.43. The first-order valence-corrected chi connectivity index (χ1v) is 15.9. The van der Waals surface area contributed by atoms with Crippen LogP contribution < -0.4 is 10.6 Å². The first-order valence-electron chi connectivity index (χ1n) is 15.2. The normalized spacial score (nSPS) is 12.3. The van der Waals surface area contributed by atoms with Crippen LogP contribution in [-0.4, -0.2) is 59.1 Å². The van der Waals surface area contributed by atoms with Gasteiger partial charge in [-0.2, -0.15) is 9.47 Å². The van der Waals surface area contributed by atoms with E-state index in [-0.39, 0.29) is 12.5 Å². The van der Waals surface area contributed by atoms with Crippen LogP contribution in [0.4, 0.5) is 22.2 Å². The van der Waals surface area contributed by atoms with Crippen LogP contribution in [0.15, 0.2) is 60.1 Å². The zero-order valence-corrected chi connectivity index (χ0v) is 27.3. The van der Waals surface area contributed by atoms with E-state index in [1.165, 1.54) is 18.0 Å². The number of anilines is 3. The average molecular weight is 625 g/mol. The summed E-state index contributed by atoms with van der Waals surface area (Å²) in [5.41, 5.74) is 6.58. The molecule has 0 aliphatic heterocycles. The maximum Gasteiger partial charge on any atom is 0.246 e. The summed E-state index contributed by atoms with van der Waals surface area (Å²) in [6.45, 7) is 17.1. The lowest BCUT2D eigenvalue weighted by Crippen LogP contribution is -2.27. The van der Waals surface area contributed by atoms with E-state index in [0.717, 1.165) is 58.5 Å². The Hall–Kier alpha value is -4.68. The number of hydrogen-bond donors (Lipinski definition) is 2. The van der Waals surface area contributed by atoms with Crippen molar-refractivity contribution < 1.29 is 4.79 Å². The molecule has 0 aliphatic carbocycles. The molecule has 0 aliphatic rings. The van der Waals surface area contributed by atoms with Crippen LogP contribution in [0, 0.1) is 12.8 Å². The molecule has 0 saturated carbocycles. The van der Waals surface area contributed by atoms with Crippen LogP contribution >= 0.6 is 11.5 Å². The first-order chi connectivity index (χ1) is 21.8. The molecule has 0 fully saturated rings. The second-order valence-corrected chi connectivity index (χ2v) is 11.9. The predicted molar refractivity (Wildman–Crippen MR) is 184 cm³/mol. The lowest BCUT2D eigenvalue weighted by atomic mass is 10.1. The number of rotatable bonds is 14. The SMILES string of the molecule is C=Nc1ccc(NC(=O)Cn2cc(-c3cnc4c(Nc5cc(CN(CC)CC(C)CC)ns5)nc(C)cn34)cn2)cc1/C=C\C. The Balaban J connectivity index is 1.29. The maximum absolute atomic E-state index is 12.8. The number of imidazole rings is 1. The van der Waals surface area contributed by atoms with Crippen molar-refractivity contribution in [2.75, 3.05) is 23.7 Å². The number of benzene rings is 1. The van der Waals surface area contributed by atoms with Gasteiger partial charge in [-0.3, -0.25) is 23.8 Å². The van der Waals surface area contributed by atoms with Gasteiger partial charge in [0.15, 0.2) is 11.5 Å². The van der Waals surface area contributed by atoms with Crippen molar-refractivity contribution in [3.05, 3.63) is 72.1 Å². The van der Waals surface area contributed by atoms with E-state index in [4.69, 9.17) is 9.36 Å². The third kappa shape index (κ3) is 7.70. The Labute approximate surface area is 267 Å². The smallest absolute Gasteiger partial charge is 0.246 e. The van der Waals surface area contributed by atoms with E-state index in [1.807, 2.05) is 61.0 Å². The third-order valence-corrected chi connectivity index (χ3v) is 8.32. The molecule has 1 atom stereocenters. The summed E-state index contributed by atoms with van der Waals surface area (Å²) in [4.78, 5) is 28.7. The molecule has 5 aromatic rings. The Morgan fingerprint density at radius 3 is 2.82 bits per heavy atom. The van der Waals surface area contributed by atoms with Gasteiger partial charge in [0.1, 0.15) is 11.5 Å². The number of aromatic nitrogens is 6. The fraction of sp³-hybridized carbons (Fsp3) is 0.333. The number of aryl methyl sites for hydroxylation is 1. The van der Waals surface area contributed by atoms with Gasteiger partial charge in [0, 0.05) is 42.3 Å². The predicted octanol–water partition coefficient (Wildman–Crippen LogP) is 6.97.